The molecule has 0 heterocycles. The molecule has 190 valence electrons. The first-order valence-corrected chi connectivity index (χ1v) is 14.6. The summed E-state index contributed by atoms with van der Waals surface area (Å²) < 4.78 is 27.0. The van der Waals surface area contributed by atoms with Crippen LogP contribution in [-0.2, 0) is 26.2 Å². The Balaban J connectivity index is 1.89. The lowest BCUT2D eigenvalue weighted by Crippen LogP contribution is -2.52. The zero-order valence-corrected chi connectivity index (χ0v) is 23.4. The number of nitrogens with zero attached hydrogens (tertiary/aromatic N) is 2. The number of anilines is 1. The van der Waals surface area contributed by atoms with Crippen LogP contribution in [0.1, 0.15) is 38.2 Å². The number of carbonyl (C=O) groups excluding carboxylic acids is 2. The molecule has 3 rings (SSSR count). The van der Waals surface area contributed by atoms with E-state index in [0.717, 1.165) is 46.3 Å². The van der Waals surface area contributed by atoms with Gasteiger partial charge in [0.25, 0.3) is 0 Å². The molecule has 1 saturated carbocycles. The summed E-state index contributed by atoms with van der Waals surface area (Å²) in [5.74, 6) is -0.781. The van der Waals surface area contributed by atoms with Gasteiger partial charge in [0.05, 0.1) is 22.0 Å². The zero-order chi connectivity index (χ0) is 25.8. The number of sulfonamides is 1. The summed E-state index contributed by atoms with van der Waals surface area (Å²) in [6.45, 7) is 1.30. The minimum Gasteiger partial charge on any atom is -0.352 e. The van der Waals surface area contributed by atoms with Crippen molar-refractivity contribution in [2.75, 3.05) is 17.1 Å². The second kappa shape index (κ2) is 12.0. The van der Waals surface area contributed by atoms with Crippen molar-refractivity contribution in [2.45, 2.75) is 51.2 Å². The fourth-order valence-corrected chi connectivity index (χ4v) is 5.64. The Hall–Kier alpha value is -1.81. The van der Waals surface area contributed by atoms with Gasteiger partial charge in [0.2, 0.25) is 21.8 Å². The topological polar surface area (TPSA) is 86.8 Å². The lowest BCUT2D eigenvalue weighted by atomic mass is 10.1. The maximum absolute atomic E-state index is 13.6. The Morgan fingerprint density at radius 1 is 1.11 bits per heavy atom. The largest absolute Gasteiger partial charge is 0.352 e. The smallest absolute Gasteiger partial charge is 0.244 e. The van der Waals surface area contributed by atoms with Crippen LogP contribution in [0.15, 0.2) is 46.9 Å². The van der Waals surface area contributed by atoms with Crippen LogP contribution in [0, 0.1) is 0 Å². The second-order valence-electron chi connectivity index (χ2n) is 8.69. The Bertz CT molecular complexity index is 1190. The van der Waals surface area contributed by atoms with Crippen molar-refractivity contribution in [3.05, 3.63) is 62.5 Å². The molecule has 2 aromatic rings. The molecule has 1 aliphatic carbocycles. The number of hydrogen-bond acceptors (Lipinski definition) is 4. The third-order valence-electron chi connectivity index (χ3n) is 5.98. The van der Waals surface area contributed by atoms with E-state index in [0.29, 0.717) is 0 Å². The van der Waals surface area contributed by atoms with E-state index < -0.39 is 28.5 Å². The second-order valence-corrected chi connectivity index (χ2v) is 12.3. The van der Waals surface area contributed by atoms with Gasteiger partial charge in [-0.2, -0.15) is 0 Å². The number of nitrogens with one attached hydrogen (secondary N) is 1. The van der Waals surface area contributed by atoms with Crippen LogP contribution in [0.3, 0.4) is 0 Å². The molecule has 0 bridgehead atoms. The Morgan fingerprint density at radius 3 is 2.40 bits per heavy atom. The van der Waals surface area contributed by atoms with Gasteiger partial charge in [-0.1, -0.05) is 64.1 Å². The average Bonchev–Trinajstić information content (AvgIpc) is 3.29. The molecule has 0 aliphatic heterocycles. The van der Waals surface area contributed by atoms with Crippen molar-refractivity contribution in [1.29, 1.82) is 0 Å². The van der Waals surface area contributed by atoms with E-state index in [4.69, 9.17) is 23.2 Å². The fourth-order valence-electron chi connectivity index (χ4n) is 4.06. The van der Waals surface area contributed by atoms with Crippen LogP contribution >= 0.6 is 39.1 Å². The highest BCUT2D eigenvalue weighted by atomic mass is 79.9. The monoisotopic (exact) mass is 603 g/mol. The van der Waals surface area contributed by atoms with Crippen LogP contribution in [0.4, 0.5) is 5.69 Å². The van der Waals surface area contributed by atoms with Crippen LogP contribution in [0.5, 0.6) is 0 Å². The minimum atomic E-state index is -3.84. The first-order chi connectivity index (χ1) is 16.5. The van der Waals surface area contributed by atoms with E-state index in [1.54, 1.807) is 6.92 Å². The third-order valence-corrected chi connectivity index (χ3v) is 8.35. The highest BCUT2D eigenvalue weighted by Crippen LogP contribution is 2.29. The molecule has 1 N–H and O–H groups in total. The quantitative estimate of drug-likeness (QED) is 0.436. The van der Waals surface area contributed by atoms with Crippen LogP contribution in [-0.4, -0.2) is 50.0 Å². The first-order valence-electron chi connectivity index (χ1n) is 11.2. The minimum absolute atomic E-state index is 0.0940. The number of benzene rings is 2. The van der Waals surface area contributed by atoms with Gasteiger partial charge in [0.15, 0.2) is 0 Å². The predicted octanol–water partition coefficient (Wildman–Crippen LogP) is 5.00. The molecule has 1 atom stereocenters. The maximum Gasteiger partial charge on any atom is 0.244 e. The van der Waals surface area contributed by atoms with Crippen molar-refractivity contribution in [3.63, 3.8) is 0 Å². The summed E-state index contributed by atoms with van der Waals surface area (Å²) in [5.41, 5.74) is 1.01. The van der Waals surface area contributed by atoms with E-state index in [1.807, 2.05) is 24.3 Å². The van der Waals surface area contributed by atoms with E-state index in [9.17, 15) is 18.0 Å². The third kappa shape index (κ3) is 7.59. The molecule has 0 unspecified atom stereocenters. The molecule has 0 radical (unpaired) electrons. The summed E-state index contributed by atoms with van der Waals surface area (Å²) in [6.07, 6.45) is 4.96. The number of halogens is 3. The van der Waals surface area contributed by atoms with Gasteiger partial charge in [0.1, 0.15) is 12.6 Å². The lowest BCUT2D eigenvalue weighted by molar-refractivity contribution is -0.139. The number of amides is 2. The maximum atomic E-state index is 13.6. The summed E-state index contributed by atoms with van der Waals surface area (Å²) in [6, 6.07) is 11.0. The van der Waals surface area contributed by atoms with Crippen LogP contribution in [0.2, 0.25) is 10.0 Å². The molecule has 35 heavy (non-hydrogen) atoms. The van der Waals surface area contributed by atoms with Crippen molar-refractivity contribution >= 4 is 66.7 Å². The molecule has 0 saturated heterocycles. The SMILES string of the molecule is C[C@@H](C(=O)NC1CCCC1)N(Cc1cccc(Br)c1)C(=O)CN(c1ccc(Cl)c(Cl)c1)S(C)(=O)=O. The van der Waals surface area contributed by atoms with Gasteiger partial charge in [-0.25, -0.2) is 8.42 Å². The molecule has 1 aliphatic rings. The van der Waals surface area contributed by atoms with E-state index in [1.165, 1.54) is 23.1 Å². The summed E-state index contributed by atoms with van der Waals surface area (Å²) in [5, 5.41) is 3.47. The molecule has 0 spiro atoms. The molecule has 1 fully saturated rings. The van der Waals surface area contributed by atoms with Gasteiger partial charge < -0.3 is 10.2 Å². The molecule has 2 amide bonds. The van der Waals surface area contributed by atoms with Gasteiger partial charge in [-0.05, 0) is 55.7 Å². The highest BCUT2D eigenvalue weighted by molar-refractivity contribution is 9.10. The van der Waals surface area contributed by atoms with Gasteiger partial charge in [0, 0.05) is 17.1 Å². The van der Waals surface area contributed by atoms with Crippen molar-refractivity contribution in [3.8, 4) is 0 Å². The Labute approximate surface area is 224 Å². The molecule has 2 aromatic carbocycles. The van der Waals surface area contributed by atoms with E-state index in [-0.39, 0.29) is 34.2 Å². The molecular formula is C24H28BrCl2N3O4S. The first kappa shape index (κ1) is 27.8. The number of rotatable bonds is 9. The summed E-state index contributed by atoms with van der Waals surface area (Å²) >= 11 is 15.5. The van der Waals surface area contributed by atoms with Gasteiger partial charge in [-0.15, -0.1) is 0 Å². The van der Waals surface area contributed by atoms with Crippen molar-refractivity contribution in [1.82, 2.24) is 10.2 Å². The van der Waals surface area contributed by atoms with Crippen LogP contribution < -0.4 is 9.62 Å². The summed E-state index contributed by atoms with van der Waals surface area (Å²) in [4.78, 5) is 28.0. The van der Waals surface area contributed by atoms with Crippen molar-refractivity contribution < 1.29 is 18.0 Å². The Kier molecular flexibility index (Phi) is 9.48. The lowest BCUT2D eigenvalue weighted by Gasteiger charge is -2.32. The van der Waals surface area contributed by atoms with E-state index >= 15 is 0 Å². The summed E-state index contributed by atoms with van der Waals surface area (Å²) in [7, 11) is -3.84. The fraction of sp³-hybridized carbons (Fsp3) is 0.417. The van der Waals surface area contributed by atoms with Gasteiger partial charge >= 0.3 is 0 Å². The Morgan fingerprint density at radius 2 is 1.80 bits per heavy atom. The van der Waals surface area contributed by atoms with Gasteiger partial charge in [-0.3, -0.25) is 13.9 Å². The molecule has 7 nitrogen and oxygen atoms in total. The van der Waals surface area contributed by atoms with Crippen LogP contribution in [0.25, 0.3) is 0 Å². The normalized spacial score (nSPS) is 15.0. The van der Waals surface area contributed by atoms with E-state index in [2.05, 4.69) is 21.2 Å². The van der Waals surface area contributed by atoms with Crippen molar-refractivity contribution in [2.24, 2.45) is 0 Å². The predicted molar refractivity (Wildman–Crippen MR) is 143 cm³/mol. The zero-order valence-electron chi connectivity index (χ0n) is 19.5. The molecular weight excluding hydrogens is 577 g/mol. The molecule has 0 aromatic heterocycles. The number of carbonyl (C=O) groups is 2. The number of hydrogen-bond donors (Lipinski definition) is 1. The standard InChI is InChI=1S/C24H28BrCl2N3O4S/c1-16(24(32)28-19-8-3-4-9-19)29(14-17-6-5-7-18(25)12-17)23(31)15-30(35(2,33)34)20-10-11-21(26)22(27)13-20/h5-7,10-13,16,19H,3-4,8-9,14-15H2,1-2H3,(H,28,32)/t16-/m0/s1. The highest BCUT2D eigenvalue weighted by Gasteiger charge is 2.31. The molecule has 11 heteroatoms. The average molecular weight is 605 g/mol.